The zero-order chi connectivity index (χ0) is 13.6. The predicted molar refractivity (Wildman–Crippen MR) is 80.1 cm³/mol. The van der Waals surface area contributed by atoms with Gasteiger partial charge in [-0.15, -0.1) is 11.3 Å². The molecule has 0 saturated heterocycles. The van der Waals surface area contributed by atoms with Crippen LogP contribution in [-0.2, 0) is 19.3 Å². The first-order valence-corrected chi connectivity index (χ1v) is 7.68. The maximum Gasteiger partial charge on any atom is 0.171 e. The summed E-state index contributed by atoms with van der Waals surface area (Å²) in [6.45, 7) is 3.76. The van der Waals surface area contributed by atoms with Crippen LogP contribution >= 0.6 is 11.3 Å². The molecule has 1 aliphatic rings. The number of nitrogens with two attached hydrogens (primary N) is 1. The highest BCUT2D eigenvalue weighted by Crippen LogP contribution is 2.40. The number of hydrogen-bond donors (Lipinski definition) is 1. The molecule has 0 aromatic carbocycles. The number of aromatic nitrogens is 1. The second kappa shape index (κ2) is 4.60. The first-order chi connectivity index (χ1) is 9.13. The minimum Gasteiger partial charge on any atom is -0.397 e. The van der Waals surface area contributed by atoms with E-state index in [1.807, 2.05) is 0 Å². The molecule has 100 valence electrons. The predicted octanol–water partition coefficient (Wildman–Crippen LogP) is 3.52. The highest BCUT2D eigenvalue weighted by molar-refractivity contribution is 7.21. The monoisotopic (exact) mass is 274 g/mol. The largest absolute Gasteiger partial charge is 0.397 e. The Morgan fingerprint density at radius 2 is 2.11 bits per heavy atom. The van der Waals surface area contributed by atoms with Crippen molar-refractivity contribution in [3.8, 4) is 0 Å². The Kier molecular flexibility index (Phi) is 3.05. The molecule has 0 amide bonds. The standard InChI is InChI=1S/C15H18N2OS/c1-3-5-11-9-6-4-7-10(9)12-13(16)14(8(2)18)19-15(12)17-11/h3-7,16H2,1-2H3. The van der Waals surface area contributed by atoms with E-state index in [-0.39, 0.29) is 5.78 Å². The molecule has 0 bridgehead atoms. The molecule has 0 fully saturated rings. The van der Waals surface area contributed by atoms with Crippen molar-refractivity contribution < 1.29 is 4.79 Å². The lowest BCUT2D eigenvalue weighted by molar-refractivity contribution is 0.102. The summed E-state index contributed by atoms with van der Waals surface area (Å²) in [5.41, 5.74) is 10.8. The van der Waals surface area contributed by atoms with Gasteiger partial charge in [-0.05, 0) is 36.8 Å². The number of nitrogens with zero attached hydrogens (tertiary/aromatic N) is 1. The van der Waals surface area contributed by atoms with Crippen LogP contribution in [0.1, 0.15) is 53.2 Å². The van der Waals surface area contributed by atoms with Gasteiger partial charge in [-0.2, -0.15) is 0 Å². The van der Waals surface area contributed by atoms with Gasteiger partial charge >= 0.3 is 0 Å². The van der Waals surface area contributed by atoms with Gasteiger partial charge in [-0.3, -0.25) is 4.79 Å². The molecule has 3 rings (SSSR count). The molecule has 2 aromatic rings. The van der Waals surface area contributed by atoms with Crippen LogP contribution in [0.2, 0.25) is 0 Å². The fourth-order valence-corrected chi connectivity index (χ4v) is 4.08. The highest BCUT2D eigenvalue weighted by Gasteiger charge is 2.24. The van der Waals surface area contributed by atoms with E-state index >= 15 is 0 Å². The summed E-state index contributed by atoms with van der Waals surface area (Å²) in [4.78, 5) is 18.1. The quantitative estimate of drug-likeness (QED) is 0.871. The maximum atomic E-state index is 11.6. The summed E-state index contributed by atoms with van der Waals surface area (Å²) in [7, 11) is 0. The maximum absolute atomic E-state index is 11.6. The fourth-order valence-electron chi connectivity index (χ4n) is 3.04. The molecule has 2 N–H and O–H groups in total. The minimum absolute atomic E-state index is 0.0456. The van der Waals surface area contributed by atoms with Gasteiger partial charge in [0, 0.05) is 18.0 Å². The molecule has 2 heterocycles. The van der Waals surface area contributed by atoms with Crippen LogP contribution in [0.3, 0.4) is 0 Å². The lowest BCUT2D eigenvalue weighted by atomic mass is 10.0. The van der Waals surface area contributed by atoms with Crippen LogP contribution in [0.5, 0.6) is 0 Å². The van der Waals surface area contributed by atoms with Gasteiger partial charge in [0.1, 0.15) is 4.83 Å². The zero-order valence-electron chi connectivity index (χ0n) is 11.4. The highest BCUT2D eigenvalue weighted by atomic mass is 32.1. The van der Waals surface area contributed by atoms with E-state index in [0.29, 0.717) is 10.6 Å². The van der Waals surface area contributed by atoms with Crippen molar-refractivity contribution in [2.24, 2.45) is 0 Å². The number of rotatable bonds is 3. The van der Waals surface area contributed by atoms with Gasteiger partial charge in [0.15, 0.2) is 5.78 Å². The number of nitrogen functional groups attached to an aromatic ring is 1. The zero-order valence-corrected chi connectivity index (χ0v) is 12.2. The van der Waals surface area contributed by atoms with Crippen molar-refractivity contribution in [2.75, 3.05) is 5.73 Å². The van der Waals surface area contributed by atoms with Gasteiger partial charge in [0.05, 0.1) is 10.6 Å². The molecule has 0 atom stereocenters. The van der Waals surface area contributed by atoms with Crippen LogP contribution in [0, 0.1) is 0 Å². The summed E-state index contributed by atoms with van der Waals surface area (Å²) in [6.07, 6.45) is 5.48. The lowest BCUT2D eigenvalue weighted by Crippen LogP contribution is -1.99. The number of aryl methyl sites for hydroxylation is 2. The van der Waals surface area contributed by atoms with Gasteiger partial charge in [-0.25, -0.2) is 4.98 Å². The van der Waals surface area contributed by atoms with Crippen LogP contribution in [0.4, 0.5) is 5.69 Å². The molecule has 0 unspecified atom stereocenters. The van der Waals surface area contributed by atoms with Crippen LogP contribution in [0.25, 0.3) is 10.2 Å². The number of anilines is 1. The van der Waals surface area contributed by atoms with Crippen molar-refractivity contribution in [1.82, 2.24) is 4.98 Å². The average molecular weight is 274 g/mol. The van der Waals surface area contributed by atoms with Crippen LogP contribution < -0.4 is 5.73 Å². The molecule has 19 heavy (non-hydrogen) atoms. The Labute approximate surface area is 116 Å². The molecular weight excluding hydrogens is 256 g/mol. The van der Waals surface area contributed by atoms with Gasteiger partial charge < -0.3 is 5.73 Å². The second-order valence-electron chi connectivity index (χ2n) is 5.20. The van der Waals surface area contributed by atoms with Crippen molar-refractivity contribution in [3.63, 3.8) is 0 Å². The average Bonchev–Trinajstić information content (AvgIpc) is 2.94. The topological polar surface area (TPSA) is 56.0 Å². The van der Waals surface area contributed by atoms with Gasteiger partial charge in [-0.1, -0.05) is 13.3 Å². The van der Waals surface area contributed by atoms with Crippen LogP contribution in [-0.4, -0.2) is 10.8 Å². The summed E-state index contributed by atoms with van der Waals surface area (Å²) in [5, 5.41) is 1.06. The van der Waals surface area contributed by atoms with E-state index < -0.39 is 0 Å². The Bertz CT molecular complexity index is 673. The first kappa shape index (κ1) is 12.6. The van der Waals surface area contributed by atoms with Gasteiger partial charge in [0.25, 0.3) is 0 Å². The van der Waals surface area contributed by atoms with E-state index in [0.717, 1.165) is 35.9 Å². The Morgan fingerprint density at radius 1 is 1.37 bits per heavy atom. The van der Waals surface area contributed by atoms with E-state index in [4.69, 9.17) is 10.7 Å². The molecule has 0 radical (unpaired) electrons. The van der Waals surface area contributed by atoms with E-state index in [2.05, 4.69) is 6.92 Å². The fraction of sp³-hybridized carbons (Fsp3) is 0.467. The molecule has 0 aliphatic heterocycles. The normalized spacial score (nSPS) is 14.0. The molecular formula is C15H18N2OS. The smallest absolute Gasteiger partial charge is 0.171 e. The summed E-state index contributed by atoms with van der Waals surface area (Å²) < 4.78 is 0. The van der Waals surface area contributed by atoms with Crippen molar-refractivity contribution in [3.05, 3.63) is 21.7 Å². The third kappa shape index (κ3) is 1.86. The van der Waals surface area contributed by atoms with E-state index in [1.165, 1.54) is 34.6 Å². The molecule has 3 nitrogen and oxygen atoms in total. The number of ketones is 1. The third-order valence-electron chi connectivity index (χ3n) is 3.84. The molecule has 0 spiro atoms. The molecule has 4 heteroatoms. The first-order valence-electron chi connectivity index (χ1n) is 6.87. The SMILES string of the molecule is CCCc1nc2sc(C(C)=O)c(N)c2c2c1CCC2. The lowest BCUT2D eigenvalue weighted by Gasteiger charge is -2.08. The van der Waals surface area contributed by atoms with Crippen LogP contribution in [0.15, 0.2) is 0 Å². The Morgan fingerprint density at radius 3 is 2.79 bits per heavy atom. The van der Waals surface area contributed by atoms with Crippen molar-refractivity contribution in [2.45, 2.75) is 46.0 Å². The molecule has 0 saturated carbocycles. The second-order valence-corrected chi connectivity index (χ2v) is 6.20. The number of hydrogen-bond acceptors (Lipinski definition) is 4. The Hall–Kier alpha value is -1.42. The molecule has 2 aromatic heterocycles. The third-order valence-corrected chi connectivity index (χ3v) is 5.04. The summed E-state index contributed by atoms with van der Waals surface area (Å²) >= 11 is 1.45. The number of carbonyl (C=O) groups excluding carboxylic acids is 1. The number of thiophene rings is 1. The number of Topliss-reactive ketones (excluding diaryl/α,β-unsaturated/α-hetero) is 1. The number of pyridine rings is 1. The number of carbonyl (C=O) groups is 1. The number of fused-ring (bicyclic) bond motifs is 3. The summed E-state index contributed by atoms with van der Waals surface area (Å²) in [6, 6.07) is 0. The van der Waals surface area contributed by atoms with Crippen molar-refractivity contribution in [1.29, 1.82) is 0 Å². The van der Waals surface area contributed by atoms with E-state index in [9.17, 15) is 4.79 Å². The molecule has 1 aliphatic carbocycles. The minimum atomic E-state index is 0.0456. The summed E-state index contributed by atoms with van der Waals surface area (Å²) in [5.74, 6) is 0.0456. The van der Waals surface area contributed by atoms with Gasteiger partial charge in [0.2, 0.25) is 0 Å². The Balaban J connectivity index is 2.32. The van der Waals surface area contributed by atoms with E-state index in [1.54, 1.807) is 6.92 Å². The van der Waals surface area contributed by atoms with Crippen molar-refractivity contribution >= 4 is 33.0 Å².